The minimum atomic E-state index is -0.593. The molecule has 31 heavy (non-hydrogen) atoms. The zero-order valence-corrected chi connectivity index (χ0v) is 17.7. The fourth-order valence-corrected chi connectivity index (χ4v) is 3.52. The molecule has 4 rings (SSSR count). The number of hydrogen-bond acceptors (Lipinski definition) is 4. The van der Waals surface area contributed by atoms with Gasteiger partial charge >= 0.3 is 0 Å². The molecule has 1 aromatic heterocycles. The Morgan fingerprint density at radius 3 is 2.32 bits per heavy atom. The van der Waals surface area contributed by atoms with Gasteiger partial charge in [-0.25, -0.2) is 4.39 Å². The summed E-state index contributed by atoms with van der Waals surface area (Å²) in [7, 11) is 0. The number of carbonyl (C=O) groups excluding carboxylic acids is 2. The molecule has 0 saturated carbocycles. The molecule has 0 atom stereocenters. The van der Waals surface area contributed by atoms with Crippen molar-refractivity contribution < 1.29 is 18.4 Å². The van der Waals surface area contributed by atoms with Gasteiger partial charge in [-0.1, -0.05) is 26.0 Å². The van der Waals surface area contributed by atoms with Crippen molar-refractivity contribution in [1.29, 1.82) is 0 Å². The molecular formula is C24H19FN2O3S. The maximum Gasteiger partial charge on any atom is 0.270 e. The highest BCUT2D eigenvalue weighted by Gasteiger charge is 2.34. The lowest BCUT2D eigenvalue weighted by Crippen LogP contribution is -2.54. The number of nitrogens with one attached hydrogen (secondary N) is 1. The largest absolute Gasteiger partial charge is 0.457 e. The fraction of sp³-hybridized carbons (Fsp3) is 0.125. The Labute approximate surface area is 184 Å². The highest BCUT2D eigenvalue weighted by atomic mass is 32.1. The number of halogens is 1. The molecule has 0 radical (unpaired) electrons. The van der Waals surface area contributed by atoms with Gasteiger partial charge in [0, 0.05) is 5.56 Å². The molecule has 2 aromatic carbocycles. The first kappa shape index (κ1) is 20.7. The van der Waals surface area contributed by atoms with E-state index in [9.17, 15) is 14.0 Å². The van der Waals surface area contributed by atoms with Crippen molar-refractivity contribution in [2.24, 2.45) is 0 Å². The summed E-state index contributed by atoms with van der Waals surface area (Å²) in [6, 6.07) is 16.6. The van der Waals surface area contributed by atoms with Crippen molar-refractivity contribution >= 4 is 40.9 Å². The topological polar surface area (TPSA) is 62.6 Å². The lowest BCUT2D eigenvalue weighted by molar-refractivity contribution is -0.122. The van der Waals surface area contributed by atoms with Gasteiger partial charge < -0.3 is 4.42 Å². The third kappa shape index (κ3) is 4.18. The predicted octanol–water partition coefficient (Wildman–Crippen LogP) is 5.04. The number of thiocarbonyl (C=S) groups is 1. The molecule has 3 aromatic rings. The molecule has 2 heterocycles. The molecular weight excluding hydrogens is 415 g/mol. The molecule has 5 nitrogen and oxygen atoms in total. The monoisotopic (exact) mass is 434 g/mol. The first-order valence-electron chi connectivity index (χ1n) is 9.70. The molecule has 2 amide bonds. The second-order valence-corrected chi connectivity index (χ2v) is 7.80. The molecule has 1 N–H and O–H groups in total. The first-order chi connectivity index (χ1) is 14.8. The second kappa shape index (κ2) is 8.28. The molecule has 156 valence electrons. The Morgan fingerprint density at radius 2 is 1.68 bits per heavy atom. The van der Waals surface area contributed by atoms with E-state index in [0.29, 0.717) is 28.7 Å². The summed E-state index contributed by atoms with van der Waals surface area (Å²) in [6.07, 6.45) is 1.38. The second-order valence-electron chi connectivity index (χ2n) is 7.41. The maximum atomic E-state index is 13.1. The first-order valence-corrected chi connectivity index (χ1v) is 10.1. The average molecular weight is 434 g/mol. The molecule has 1 saturated heterocycles. The number of carbonyl (C=O) groups is 2. The van der Waals surface area contributed by atoms with E-state index in [0.717, 1.165) is 5.56 Å². The van der Waals surface area contributed by atoms with Crippen LogP contribution in [0.1, 0.15) is 31.1 Å². The minimum Gasteiger partial charge on any atom is -0.457 e. The number of hydrogen-bond donors (Lipinski definition) is 1. The van der Waals surface area contributed by atoms with Crippen LogP contribution in [0.2, 0.25) is 0 Å². The van der Waals surface area contributed by atoms with E-state index in [4.69, 9.17) is 16.6 Å². The van der Waals surface area contributed by atoms with Crippen molar-refractivity contribution in [2.45, 2.75) is 19.8 Å². The van der Waals surface area contributed by atoms with Crippen LogP contribution in [0.4, 0.5) is 10.1 Å². The van der Waals surface area contributed by atoms with Crippen LogP contribution in [0.15, 0.2) is 70.7 Å². The summed E-state index contributed by atoms with van der Waals surface area (Å²) >= 11 is 5.24. The Morgan fingerprint density at radius 1 is 1.00 bits per heavy atom. The van der Waals surface area contributed by atoms with Crippen LogP contribution in [0.5, 0.6) is 0 Å². The quantitative estimate of drug-likeness (QED) is 0.355. The molecule has 1 fully saturated rings. The third-order valence-corrected chi connectivity index (χ3v) is 5.25. The number of nitrogens with zero attached hydrogens (tertiary/aromatic N) is 1. The maximum absolute atomic E-state index is 13.1. The van der Waals surface area contributed by atoms with Crippen LogP contribution in [0, 0.1) is 5.82 Å². The van der Waals surface area contributed by atoms with Crippen molar-refractivity contribution in [3.63, 3.8) is 0 Å². The smallest absolute Gasteiger partial charge is 0.270 e. The number of amides is 2. The number of benzene rings is 2. The summed E-state index contributed by atoms with van der Waals surface area (Å²) in [5, 5.41) is 2.58. The van der Waals surface area contributed by atoms with E-state index in [1.165, 1.54) is 23.1 Å². The van der Waals surface area contributed by atoms with Gasteiger partial charge in [-0.2, -0.15) is 0 Å². The van der Waals surface area contributed by atoms with Crippen LogP contribution in [0.3, 0.4) is 0 Å². The number of rotatable bonds is 4. The van der Waals surface area contributed by atoms with Crippen molar-refractivity contribution in [3.05, 3.63) is 83.4 Å². The fourth-order valence-electron chi connectivity index (χ4n) is 3.24. The Hall–Kier alpha value is -3.58. The van der Waals surface area contributed by atoms with Gasteiger partial charge in [-0.05, 0) is 78.3 Å². The lowest BCUT2D eigenvalue weighted by atomic mass is 10.0. The summed E-state index contributed by atoms with van der Waals surface area (Å²) in [5.41, 5.74) is 2.28. The number of anilines is 1. The van der Waals surface area contributed by atoms with E-state index in [1.54, 1.807) is 36.4 Å². The molecule has 0 spiro atoms. The highest BCUT2D eigenvalue weighted by molar-refractivity contribution is 7.80. The Bertz CT molecular complexity index is 1190. The van der Waals surface area contributed by atoms with Gasteiger partial charge in [0.2, 0.25) is 0 Å². The zero-order chi connectivity index (χ0) is 22.1. The average Bonchev–Trinajstić information content (AvgIpc) is 3.20. The van der Waals surface area contributed by atoms with Gasteiger partial charge in [0.25, 0.3) is 11.8 Å². The Balaban J connectivity index is 1.64. The van der Waals surface area contributed by atoms with Crippen LogP contribution < -0.4 is 10.2 Å². The van der Waals surface area contributed by atoms with Crippen molar-refractivity contribution in [1.82, 2.24) is 5.32 Å². The summed E-state index contributed by atoms with van der Waals surface area (Å²) in [6.45, 7) is 4.16. The zero-order valence-electron chi connectivity index (χ0n) is 16.9. The van der Waals surface area contributed by atoms with Crippen molar-refractivity contribution in [2.75, 3.05) is 4.90 Å². The van der Waals surface area contributed by atoms with E-state index in [2.05, 4.69) is 19.2 Å². The van der Waals surface area contributed by atoms with Gasteiger partial charge in [0.05, 0.1) is 5.69 Å². The normalized spacial score (nSPS) is 15.7. The van der Waals surface area contributed by atoms with E-state index in [1.807, 2.05) is 12.1 Å². The SMILES string of the molecule is CC(C)c1ccc(N2C(=O)/C(=C/c3ccc(-c4ccc(F)cc4)o3)C(=O)NC2=S)cc1. The molecule has 1 aliphatic rings. The van der Waals surface area contributed by atoms with Crippen LogP contribution in [-0.4, -0.2) is 16.9 Å². The van der Waals surface area contributed by atoms with Gasteiger partial charge in [-0.15, -0.1) is 0 Å². The lowest BCUT2D eigenvalue weighted by Gasteiger charge is -2.29. The van der Waals surface area contributed by atoms with E-state index < -0.39 is 11.8 Å². The van der Waals surface area contributed by atoms with Gasteiger partial charge in [-0.3, -0.25) is 19.8 Å². The van der Waals surface area contributed by atoms with Gasteiger partial charge in [0.1, 0.15) is 22.9 Å². The molecule has 7 heteroatoms. The predicted molar refractivity (Wildman–Crippen MR) is 121 cm³/mol. The molecule has 0 unspecified atom stereocenters. The molecule has 1 aliphatic heterocycles. The van der Waals surface area contributed by atoms with Crippen LogP contribution in [-0.2, 0) is 9.59 Å². The van der Waals surface area contributed by atoms with E-state index in [-0.39, 0.29) is 16.5 Å². The van der Waals surface area contributed by atoms with E-state index >= 15 is 0 Å². The van der Waals surface area contributed by atoms with Gasteiger partial charge in [0.15, 0.2) is 5.11 Å². The minimum absolute atomic E-state index is 0.0240. The van der Waals surface area contributed by atoms with Crippen molar-refractivity contribution in [3.8, 4) is 11.3 Å². The molecule has 0 aliphatic carbocycles. The standard InChI is InChI=1S/C24H19FN2O3S/c1-14(2)15-5-9-18(10-6-15)27-23(29)20(22(28)26-24(27)31)13-19-11-12-21(30-19)16-3-7-17(25)8-4-16/h3-14H,1-2H3,(H,26,28,31)/b20-13+. The van der Waals surface area contributed by atoms with Crippen LogP contribution >= 0.6 is 12.2 Å². The summed E-state index contributed by atoms with van der Waals surface area (Å²) < 4.78 is 18.9. The third-order valence-electron chi connectivity index (χ3n) is 4.96. The van der Waals surface area contributed by atoms with Crippen LogP contribution in [0.25, 0.3) is 17.4 Å². The number of furan rings is 1. The summed E-state index contributed by atoms with van der Waals surface area (Å²) in [4.78, 5) is 26.9. The molecule has 0 bridgehead atoms. The highest BCUT2D eigenvalue weighted by Crippen LogP contribution is 2.27. The summed E-state index contributed by atoms with van der Waals surface area (Å²) in [5.74, 6) is -0.314. The Kier molecular flexibility index (Phi) is 5.52.